The minimum Gasteiger partial charge on any atom is -0.387 e. The van der Waals surface area contributed by atoms with Crippen molar-refractivity contribution in [1.29, 1.82) is 0 Å². The second-order valence-electron chi connectivity index (χ2n) is 7.40. The lowest BCUT2D eigenvalue weighted by molar-refractivity contribution is -0.115. The van der Waals surface area contributed by atoms with Gasteiger partial charge in [0.1, 0.15) is 16.4 Å². The number of aromatic nitrogens is 1. The predicted molar refractivity (Wildman–Crippen MR) is 106 cm³/mol. The van der Waals surface area contributed by atoms with Crippen LogP contribution in [-0.4, -0.2) is 48.0 Å². The van der Waals surface area contributed by atoms with Crippen molar-refractivity contribution in [3.8, 4) is 0 Å². The number of hydrogen-bond acceptors (Lipinski definition) is 6. The SMILES string of the molecule is O=C(NCc1ccncc1)C1=NOC2(CCCN(S(=O)(=O)c3ccccc3F)C2)C1. The summed E-state index contributed by atoms with van der Waals surface area (Å²) in [6.07, 6.45) is 4.55. The molecular formula is C20H21FN4O4S. The first-order valence-corrected chi connectivity index (χ1v) is 11.0. The lowest BCUT2D eigenvalue weighted by atomic mass is 9.89. The van der Waals surface area contributed by atoms with Crippen molar-refractivity contribution in [2.45, 2.75) is 36.3 Å². The summed E-state index contributed by atoms with van der Waals surface area (Å²) in [5.41, 5.74) is 0.196. The molecule has 158 valence electrons. The minimum absolute atomic E-state index is 0.00824. The molecule has 2 aliphatic rings. The Kier molecular flexibility index (Phi) is 5.52. The van der Waals surface area contributed by atoms with Crippen molar-refractivity contribution in [1.82, 2.24) is 14.6 Å². The number of piperidine rings is 1. The number of carbonyl (C=O) groups is 1. The number of amides is 1. The summed E-state index contributed by atoms with van der Waals surface area (Å²) in [6, 6.07) is 8.87. The van der Waals surface area contributed by atoms with Gasteiger partial charge in [0.05, 0.1) is 6.54 Å². The van der Waals surface area contributed by atoms with Gasteiger partial charge in [-0.3, -0.25) is 9.78 Å². The monoisotopic (exact) mass is 432 g/mol. The van der Waals surface area contributed by atoms with E-state index in [9.17, 15) is 17.6 Å². The Morgan fingerprint density at radius 2 is 2.00 bits per heavy atom. The Morgan fingerprint density at radius 1 is 1.23 bits per heavy atom. The van der Waals surface area contributed by atoms with Crippen molar-refractivity contribution in [3.05, 3.63) is 60.2 Å². The van der Waals surface area contributed by atoms with Crippen molar-refractivity contribution < 1.29 is 22.4 Å². The molecule has 2 aromatic rings. The van der Waals surface area contributed by atoms with Crippen LogP contribution in [0.2, 0.25) is 0 Å². The van der Waals surface area contributed by atoms with E-state index in [2.05, 4.69) is 15.5 Å². The number of benzene rings is 1. The fourth-order valence-corrected chi connectivity index (χ4v) is 5.32. The van der Waals surface area contributed by atoms with Gasteiger partial charge in [-0.2, -0.15) is 4.31 Å². The fourth-order valence-electron chi connectivity index (χ4n) is 3.70. The average Bonchev–Trinajstić information content (AvgIpc) is 3.16. The smallest absolute Gasteiger partial charge is 0.269 e. The van der Waals surface area contributed by atoms with Crippen LogP contribution in [0.3, 0.4) is 0 Å². The standard InChI is InChI=1S/C20H21FN4O4S/c21-16-4-1-2-5-18(16)30(27,28)25-11-3-8-20(14-25)12-17(24-29-20)19(26)23-13-15-6-9-22-10-7-15/h1-2,4-7,9-10H,3,8,11-14H2,(H,23,26). The first-order chi connectivity index (χ1) is 14.4. The highest BCUT2D eigenvalue weighted by molar-refractivity contribution is 7.89. The molecule has 8 nitrogen and oxygen atoms in total. The van der Waals surface area contributed by atoms with Gasteiger partial charge in [0.2, 0.25) is 10.0 Å². The summed E-state index contributed by atoms with van der Waals surface area (Å²) in [5.74, 6) is -1.16. The van der Waals surface area contributed by atoms with Gasteiger partial charge in [-0.25, -0.2) is 12.8 Å². The molecule has 1 N–H and O–H groups in total. The maximum atomic E-state index is 14.1. The van der Waals surface area contributed by atoms with Crippen LogP contribution in [0.25, 0.3) is 0 Å². The molecule has 1 unspecified atom stereocenters. The maximum absolute atomic E-state index is 14.1. The molecule has 0 radical (unpaired) electrons. The van der Waals surface area contributed by atoms with Gasteiger partial charge in [-0.15, -0.1) is 0 Å². The van der Waals surface area contributed by atoms with E-state index >= 15 is 0 Å². The van der Waals surface area contributed by atoms with Crippen LogP contribution in [0, 0.1) is 5.82 Å². The third-order valence-corrected chi connectivity index (χ3v) is 7.14. The molecule has 0 bridgehead atoms. The van der Waals surface area contributed by atoms with Crippen molar-refractivity contribution in [2.24, 2.45) is 5.16 Å². The summed E-state index contributed by atoms with van der Waals surface area (Å²) in [5, 5.41) is 6.71. The molecule has 1 spiro atoms. The Bertz CT molecular complexity index is 1080. The number of nitrogens with one attached hydrogen (secondary N) is 1. The fraction of sp³-hybridized carbons (Fsp3) is 0.350. The first kappa shape index (κ1) is 20.4. The molecular weight excluding hydrogens is 411 g/mol. The van der Waals surface area contributed by atoms with E-state index in [-0.39, 0.29) is 36.0 Å². The van der Waals surface area contributed by atoms with Crippen LogP contribution in [0.1, 0.15) is 24.8 Å². The Hall–Kier alpha value is -2.85. The van der Waals surface area contributed by atoms with Crippen LogP contribution < -0.4 is 5.32 Å². The van der Waals surface area contributed by atoms with Crippen LogP contribution in [0.15, 0.2) is 58.8 Å². The second kappa shape index (κ2) is 8.11. The van der Waals surface area contributed by atoms with Gasteiger partial charge >= 0.3 is 0 Å². The van der Waals surface area contributed by atoms with Gasteiger partial charge < -0.3 is 10.2 Å². The van der Waals surface area contributed by atoms with E-state index in [0.29, 0.717) is 19.4 Å². The van der Waals surface area contributed by atoms with Crippen molar-refractivity contribution in [2.75, 3.05) is 13.1 Å². The molecule has 0 aliphatic carbocycles. The zero-order chi connectivity index (χ0) is 21.2. The molecule has 1 amide bonds. The Balaban J connectivity index is 1.42. The summed E-state index contributed by atoms with van der Waals surface area (Å²) < 4.78 is 41.2. The van der Waals surface area contributed by atoms with Crippen LogP contribution in [0.5, 0.6) is 0 Å². The molecule has 0 saturated carbocycles. The largest absolute Gasteiger partial charge is 0.387 e. The van der Waals surface area contributed by atoms with Crippen LogP contribution in [-0.2, 0) is 26.2 Å². The number of halogens is 1. The highest BCUT2D eigenvalue weighted by Crippen LogP contribution is 2.36. The molecule has 1 fully saturated rings. The van der Waals surface area contributed by atoms with E-state index < -0.39 is 21.4 Å². The van der Waals surface area contributed by atoms with Gasteiger partial charge in [0.15, 0.2) is 5.60 Å². The molecule has 1 aromatic carbocycles. The summed E-state index contributed by atoms with van der Waals surface area (Å²) in [4.78, 5) is 21.6. The number of carbonyl (C=O) groups excluding carboxylic acids is 1. The zero-order valence-electron chi connectivity index (χ0n) is 16.1. The van der Waals surface area contributed by atoms with Crippen LogP contribution in [0.4, 0.5) is 4.39 Å². The number of oxime groups is 1. The summed E-state index contributed by atoms with van der Waals surface area (Å²) >= 11 is 0. The average molecular weight is 432 g/mol. The number of pyridine rings is 1. The topological polar surface area (TPSA) is 101 Å². The number of rotatable bonds is 5. The highest BCUT2D eigenvalue weighted by atomic mass is 32.2. The van der Waals surface area contributed by atoms with Crippen molar-refractivity contribution in [3.63, 3.8) is 0 Å². The van der Waals surface area contributed by atoms with E-state index in [0.717, 1.165) is 11.6 Å². The Morgan fingerprint density at radius 3 is 2.77 bits per heavy atom. The Labute approximate surface area is 173 Å². The second-order valence-corrected chi connectivity index (χ2v) is 9.31. The quantitative estimate of drug-likeness (QED) is 0.777. The summed E-state index contributed by atoms with van der Waals surface area (Å²) in [7, 11) is -4.02. The van der Waals surface area contributed by atoms with E-state index in [1.807, 2.05) is 0 Å². The lowest BCUT2D eigenvalue weighted by Crippen LogP contribution is -2.51. The van der Waals surface area contributed by atoms with Gasteiger partial charge in [0, 0.05) is 31.9 Å². The van der Waals surface area contributed by atoms with Gasteiger partial charge in [-0.05, 0) is 42.7 Å². The van der Waals surface area contributed by atoms with Crippen molar-refractivity contribution >= 4 is 21.6 Å². The molecule has 1 atom stereocenters. The van der Waals surface area contributed by atoms with Gasteiger partial charge in [-0.1, -0.05) is 17.3 Å². The molecule has 30 heavy (non-hydrogen) atoms. The molecule has 1 aromatic heterocycles. The third-order valence-electron chi connectivity index (χ3n) is 5.26. The molecule has 10 heteroatoms. The van der Waals surface area contributed by atoms with Crippen LogP contribution >= 0.6 is 0 Å². The highest BCUT2D eigenvalue weighted by Gasteiger charge is 2.47. The van der Waals surface area contributed by atoms with E-state index in [1.54, 1.807) is 24.5 Å². The minimum atomic E-state index is -4.02. The zero-order valence-corrected chi connectivity index (χ0v) is 16.9. The maximum Gasteiger partial charge on any atom is 0.269 e. The number of sulfonamides is 1. The van der Waals surface area contributed by atoms with E-state index in [1.165, 1.54) is 22.5 Å². The molecule has 1 saturated heterocycles. The molecule has 2 aliphatic heterocycles. The number of hydrogen-bond donors (Lipinski definition) is 1. The molecule has 4 rings (SSSR count). The summed E-state index contributed by atoms with van der Waals surface area (Å²) in [6.45, 7) is 0.584. The predicted octanol–water partition coefficient (Wildman–Crippen LogP) is 1.84. The van der Waals surface area contributed by atoms with Gasteiger partial charge in [0.25, 0.3) is 5.91 Å². The third kappa shape index (κ3) is 4.05. The molecule has 3 heterocycles. The first-order valence-electron chi connectivity index (χ1n) is 9.56. The van der Waals surface area contributed by atoms with E-state index in [4.69, 9.17) is 4.84 Å². The number of nitrogens with zero attached hydrogens (tertiary/aromatic N) is 3. The normalized spacial score (nSPS) is 21.8. The lowest BCUT2D eigenvalue weighted by Gasteiger charge is -2.37.